The first-order chi connectivity index (χ1) is 12.6. The minimum Gasteiger partial charge on any atom is -0.484 e. The van der Waals surface area contributed by atoms with Gasteiger partial charge in [-0.05, 0) is 30.2 Å². The molecule has 1 atom stereocenters. The quantitative estimate of drug-likeness (QED) is 0.763. The van der Waals surface area contributed by atoms with Crippen LogP contribution in [0.15, 0.2) is 53.0 Å². The second-order valence-corrected chi connectivity index (χ2v) is 7.89. The molecule has 4 rings (SSSR count). The van der Waals surface area contributed by atoms with Crippen molar-refractivity contribution in [2.24, 2.45) is 0 Å². The van der Waals surface area contributed by atoms with Crippen LogP contribution in [0.5, 0.6) is 5.75 Å². The molecule has 0 saturated carbocycles. The van der Waals surface area contributed by atoms with Gasteiger partial charge in [0.2, 0.25) is 5.91 Å². The van der Waals surface area contributed by atoms with Crippen LogP contribution >= 0.6 is 15.9 Å². The van der Waals surface area contributed by atoms with Crippen molar-refractivity contribution in [3.63, 3.8) is 0 Å². The topological polar surface area (TPSA) is 46.6 Å². The van der Waals surface area contributed by atoms with Crippen molar-refractivity contribution in [3.05, 3.63) is 64.1 Å². The van der Waals surface area contributed by atoms with Crippen LogP contribution in [0.1, 0.15) is 35.2 Å². The van der Waals surface area contributed by atoms with Gasteiger partial charge in [0.15, 0.2) is 5.78 Å². The normalized spacial score (nSPS) is 21.6. The molecule has 134 valence electrons. The Balaban J connectivity index is 1.41. The van der Waals surface area contributed by atoms with E-state index >= 15 is 0 Å². The summed E-state index contributed by atoms with van der Waals surface area (Å²) in [6, 6.07) is 15.3. The zero-order chi connectivity index (χ0) is 18.1. The summed E-state index contributed by atoms with van der Waals surface area (Å²) in [5, 5.41) is 0. The molecule has 2 aromatic carbocycles. The molecule has 26 heavy (non-hydrogen) atoms. The number of ketones is 1. The molecule has 1 amide bonds. The SMILES string of the molecule is O=C1CC2(CCN(C(=O)CCc3ccccc3Br)C2)Oc2ccccc21. The Morgan fingerprint density at radius 2 is 1.92 bits per heavy atom. The zero-order valence-electron chi connectivity index (χ0n) is 14.4. The van der Waals surface area contributed by atoms with Gasteiger partial charge in [-0.3, -0.25) is 9.59 Å². The van der Waals surface area contributed by atoms with Crippen LogP contribution in [0.4, 0.5) is 0 Å². The van der Waals surface area contributed by atoms with Gasteiger partial charge < -0.3 is 9.64 Å². The first-order valence-electron chi connectivity index (χ1n) is 8.89. The van der Waals surface area contributed by atoms with Crippen LogP contribution < -0.4 is 4.74 Å². The molecule has 1 fully saturated rings. The predicted octanol–water partition coefficient (Wildman–Crippen LogP) is 4.02. The van der Waals surface area contributed by atoms with Crippen molar-refractivity contribution in [1.82, 2.24) is 4.90 Å². The fourth-order valence-corrected chi connectivity index (χ4v) is 4.31. The number of amides is 1. The summed E-state index contributed by atoms with van der Waals surface area (Å²) in [5.74, 6) is 0.869. The minimum absolute atomic E-state index is 0.106. The maximum absolute atomic E-state index is 12.7. The van der Waals surface area contributed by atoms with E-state index in [1.54, 1.807) is 6.07 Å². The molecule has 0 aromatic heterocycles. The lowest BCUT2D eigenvalue weighted by Gasteiger charge is -2.34. The van der Waals surface area contributed by atoms with E-state index in [-0.39, 0.29) is 11.7 Å². The van der Waals surface area contributed by atoms with Crippen molar-refractivity contribution in [2.75, 3.05) is 13.1 Å². The van der Waals surface area contributed by atoms with Gasteiger partial charge in [0, 0.05) is 23.9 Å². The summed E-state index contributed by atoms with van der Waals surface area (Å²) in [5.41, 5.74) is 1.22. The third-order valence-corrected chi connectivity index (χ3v) is 6.01. The summed E-state index contributed by atoms with van der Waals surface area (Å²) in [7, 11) is 0. The molecular formula is C21H20BrNO3. The van der Waals surface area contributed by atoms with E-state index in [0.717, 1.165) is 10.0 Å². The molecule has 2 aromatic rings. The molecule has 4 nitrogen and oxygen atoms in total. The summed E-state index contributed by atoms with van der Waals surface area (Å²) in [4.78, 5) is 27.0. The Hall–Kier alpha value is -2.14. The molecule has 1 saturated heterocycles. The van der Waals surface area contributed by atoms with Gasteiger partial charge in [-0.1, -0.05) is 46.3 Å². The van der Waals surface area contributed by atoms with E-state index in [1.165, 1.54) is 0 Å². The smallest absolute Gasteiger partial charge is 0.223 e. The monoisotopic (exact) mass is 413 g/mol. The van der Waals surface area contributed by atoms with Crippen LogP contribution in [0.2, 0.25) is 0 Å². The van der Waals surface area contributed by atoms with E-state index in [1.807, 2.05) is 47.4 Å². The zero-order valence-corrected chi connectivity index (χ0v) is 16.0. The highest BCUT2D eigenvalue weighted by Gasteiger charge is 2.46. The maximum atomic E-state index is 12.7. The van der Waals surface area contributed by atoms with Gasteiger partial charge in [0.25, 0.3) is 0 Å². The highest BCUT2D eigenvalue weighted by Crippen LogP contribution is 2.38. The van der Waals surface area contributed by atoms with Gasteiger partial charge >= 0.3 is 0 Å². The van der Waals surface area contributed by atoms with Gasteiger partial charge in [-0.25, -0.2) is 0 Å². The average Bonchev–Trinajstić information content (AvgIpc) is 3.04. The molecule has 2 aliphatic heterocycles. The number of ether oxygens (including phenoxy) is 1. The van der Waals surface area contributed by atoms with E-state index in [4.69, 9.17) is 4.74 Å². The maximum Gasteiger partial charge on any atom is 0.223 e. The largest absolute Gasteiger partial charge is 0.484 e. The Labute approximate surface area is 161 Å². The highest BCUT2D eigenvalue weighted by atomic mass is 79.9. The van der Waals surface area contributed by atoms with Crippen LogP contribution in [-0.2, 0) is 11.2 Å². The van der Waals surface area contributed by atoms with Crippen molar-refractivity contribution in [1.29, 1.82) is 0 Å². The molecule has 1 spiro atoms. The third kappa shape index (κ3) is 3.28. The number of nitrogens with zero attached hydrogens (tertiary/aromatic N) is 1. The number of hydrogen-bond donors (Lipinski definition) is 0. The van der Waals surface area contributed by atoms with Crippen LogP contribution in [-0.4, -0.2) is 35.3 Å². The molecular weight excluding hydrogens is 394 g/mol. The number of benzene rings is 2. The number of halogens is 1. The lowest BCUT2D eigenvalue weighted by Crippen LogP contribution is -2.45. The Morgan fingerprint density at radius 3 is 2.77 bits per heavy atom. The Bertz CT molecular complexity index is 866. The third-order valence-electron chi connectivity index (χ3n) is 5.23. The summed E-state index contributed by atoms with van der Waals surface area (Å²) < 4.78 is 7.22. The van der Waals surface area contributed by atoms with E-state index < -0.39 is 5.60 Å². The van der Waals surface area contributed by atoms with Crippen LogP contribution in [0, 0.1) is 0 Å². The molecule has 2 aliphatic rings. The van der Waals surface area contributed by atoms with Gasteiger partial charge in [0.1, 0.15) is 11.4 Å². The molecule has 0 bridgehead atoms. The molecule has 1 unspecified atom stereocenters. The first kappa shape index (κ1) is 17.3. The molecule has 0 aliphatic carbocycles. The summed E-state index contributed by atoms with van der Waals surface area (Å²) in [6.07, 6.45) is 2.21. The van der Waals surface area contributed by atoms with Gasteiger partial charge in [0.05, 0.1) is 18.5 Å². The van der Waals surface area contributed by atoms with Crippen molar-refractivity contribution in [2.45, 2.75) is 31.3 Å². The Kier molecular flexibility index (Phi) is 4.57. The van der Waals surface area contributed by atoms with E-state index in [2.05, 4.69) is 15.9 Å². The lowest BCUT2D eigenvalue weighted by molar-refractivity contribution is -0.130. The molecule has 2 heterocycles. The summed E-state index contributed by atoms with van der Waals surface area (Å²) in [6.45, 7) is 1.13. The number of para-hydroxylation sites is 1. The number of fused-ring (bicyclic) bond motifs is 1. The fraction of sp³-hybridized carbons (Fsp3) is 0.333. The molecule has 5 heteroatoms. The number of aryl methyl sites for hydroxylation is 1. The molecule has 0 radical (unpaired) electrons. The average molecular weight is 414 g/mol. The van der Waals surface area contributed by atoms with Gasteiger partial charge in [-0.2, -0.15) is 0 Å². The van der Waals surface area contributed by atoms with E-state index in [0.29, 0.717) is 50.1 Å². The molecule has 0 N–H and O–H groups in total. The van der Waals surface area contributed by atoms with Crippen molar-refractivity contribution >= 4 is 27.6 Å². The van der Waals surface area contributed by atoms with Crippen LogP contribution in [0.25, 0.3) is 0 Å². The van der Waals surface area contributed by atoms with Gasteiger partial charge in [-0.15, -0.1) is 0 Å². The standard InChI is InChI=1S/C21H20BrNO3/c22-17-7-3-1-5-15(17)9-10-20(25)23-12-11-21(14-23)13-18(24)16-6-2-4-8-19(16)26-21/h1-8H,9-14H2. The van der Waals surface area contributed by atoms with Crippen molar-refractivity contribution < 1.29 is 14.3 Å². The lowest BCUT2D eigenvalue weighted by atomic mass is 9.89. The second-order valence-electron chi connectivity index (χ2n) is 7.04. The fourth-order valence-electron chi connectivity index (χ4n) is 3.83. The number of Topliss-reactive ketones (excluding diaryl/α,β-unsaturated/α-hetero) is 1. The summed E-state index contributed by atoms with van der Waals surface area (Å²) >= 11 is 3.53. The van der Waals surface area contributed by atoms with E-state index in [9.17, 15) is 9.59 Å². The number of carbonyl (C=O) groups excluding carboxylic acids is 2. The van der Waals surface area contributed by atoms with Crippen LogP contribution in [0.3, 0.4) is 0 Å². The Morgan fingerprint density at radius 1 is 1.15 bits per heavy atom. The highest BCUT2D eigenvalue weighted by molar-refractivity contribution is 9.10. The number of carbonyl (C=O) groups is 2. The number of likely N-dealkylation sites (tertiary alicyclic amines) is 1. The number of rotatable bonds is 3. The van der Waals surface area contributed by atoms with Crippen molar-refractivity contribution in [3.8, 4) is 5.75 Å². The minimum atomic E-state index is -0.561. The number of hydrogen-bond acceptors (Lipinski definition) is 3. The first-order valence-corrected chi connectivity index (χ1v) is 9.68. The predicted molar refractivity (Wildman–Crippen MR) is 102 cm³/mol. The second kappa shape index (κ2) is 6.88.